The number of hydrogen-bond acceptors (Lipinski definition) is 5. The van der Waals surface area contributed by atoms with Gasteiger partial charge >= 0.3 is 0 Å². The molecule has 0 saturated carbocycles. The van der Waals surface area contributed by atoms with Crippen molar-refractivity contribution >= 4 is 17.3 Å². The summed E-state index contributed by atoms with van der Waals surface area (Å²) in [5.74, 6) is -0.784. The molecule has 4 rings (SSSR count). The maximum Gasteiger partial charge on any atom is 0.269 e. The zero-order valence-electron chi connectivity index (χ0n) is 16.2. The number of nitro groups is 1. The summed E-state index contributed by atoms with van der Waals surface area (Å²) >= 11 is 0. The van der Waals surface area contributed by atoms with Gasteiger partial charge in [0.15, 0.2) is 0 Å². The van der Waals surface area contributed by atoms with E-state index in [0.717, 1.165) is 30.9 Å². The molecule has 1 saturated heterocycles. The van der Waals surface area contributed by atoms with Crippen LogP contribution < -0.4 is 10.2 Å². The second kappa shape index (κ2) is 7.79. The molecular formula is C21H23FN4O3. The molecule has 2 aliphatic rings. The predicted octanol–water partition coefficient (Wildman–Crippen LogP) is 2.34. The van der Waals surface area contributed by atoms with Crippen LogP contribution in [-0.4, -0.2) is 48.5 Å². The average molecular weight is 398 g/mol. The summed E-state index contributed by atoms with van der Waals surface area (Å²) in [5, 5.41) is 14.1. The molecule has 0 radical (unpaired) electrons. The van der Waals surface area contributed by atoms with E-state index in [0.29, 0.717) is 12.0 Å². The van der Waals surface area contributed by atoms with Gasteiger partial charge in [-0.05, 0) is 42.8 Å². The van der Waals surface area contributed by atoms with Crippen LogP contribution in [0.5, 0.6) is 0 Å². The van der Waals surface area contributed by atoms with Crippen LogP contribution in [0, 0.1) is 21.8 Å². The van der Waals surface area contributed by atoms with E-state index in [1.54, 1.807) is 24.3 Å². The Labute approximate surface area is 168 Å². The zero-order chi connectivity index (χ0) is 20.5. The van der Waals surface area contributed by atoms with Crippen LogP contribution in [0.25, 0.3) is 0 Å². The van der Waals surface area contributed by atoms with Gasteiger partial charge in [-0.15, -0.1) is 0 Å². The Hall–Kier alpha value is -3.00. The molecule has 1 fully saturated rings. The first-order chi connectivity index (χ1) is 13.9. The van der Waals surface area contributed by atoms with Gasteiger partial charge in [0.1, 0.15) is 5.82 Å². The lowest BCUT2D eigenvalue weighted by Gasteiger charge is -2.48. The molecule has 1 amide bonds. The fraction of sp³-hybridized carbons (Fsp3) is 0.381. The van der Waals surface area contributed by atoms with Crippen molar-refractivity contribution in [2.45, 2.75) is 19.0 Å². The quantitative estimate of drug-likeness (QED) is 0.632. The molecule has 1 N–H and O–H groups in total. The van der Waals surface area contributed by atoms with Crippen molar-refractivity contribution in [1.82, 2.24) is 10.2 Å². The average Bonchev–Trinajstić information content (AvgIpc) is 2.70. The van der Waals surface area contributed by atoms with E-state index in [2.05, 4.69) is 15.1 Å². The number of piperazine rings is 1. The fourth-order valence-electron chi connectivity index (χ4n) is 4.33. The number of likely N-dealkylation sites (N-methyl/N-ethyl adjacent to an activating group) is 1. The van der Waals surface area contributed by atoms with Crippen LogP contribution >= 0.6 is 0 Å². The van der Waals surface area contributed by atoms with Crippen molar-refractivity contribution in [3.8, 4) is 0 Å². The monoisotopic (exact) mass is 398 g/mol. The van der Waals surface area contributed by atoms with E-state index in [1.165, 1.54) is 18.2 Å². The Morgan fingerprint density at radius 2 is 2.10 bits per heavy atom. The lowest BCUT2D eigenvalue weighted by molar-refractivity contribution is -0.384. The molecule has 8 heteroatoms. The number of benzene rings is 2. The summed E-state index contributed by atoms with van der Waals surface area (Å²) in [4.78, 5) is 28.2. The summed E-state index contributed by atoms with van der Waals surface area (Å²) in [6.45, 7) is 2.62. The standard InChI is InChI=1S/C21H23FN4O3/c1-24-7-8-25-19-6-5-17(26(28)29)10-15(19)11-18(20(25)13-24)21(27)23-12-14-3-2-4-16(22)9-14/h2-6,9-10,18,20H,7-8,11-13H2,1H3,(H,23,27)/t18-,20+/m1/s1. The number of carbonyl (C=O) groups excluding carboxylic acids is 1. The largest absolute Gasteiger partial charge is 0.365 e. The SMILES string of the molecule is CN1CCN2c3ccc([N+](=O)[O-])cc3C[C@@H](C(=O)NCc3cccc(F)c3)[C@@H]2C1. The van der Waals surface area contributed by atoms with Gasteiger partial charge in [-0.2, -0.15) is 0 Å². The molecule has 2 atom stereocenters. The molecule has 0 unspecified atom stereocenters. The van der Waals surface area contributed by atoms with Crippen LogP contribution in [0.3, 0.4) is 0 Å². The Morgan fingerprint density at radius 3 is 2.86 bits per heavy atom. The number of hydrogen-bond donors (Lipinski definition) is 1. The van der Waals surface area contributed by atoms with Crippen molar-refractivity contribution in [2.24, 2.45) is 5.92 Å². The van der Waals surface area contributed by atoms with E-state index in [9.17, 15) is 19.3 Å². The van der Waals surface area contributed by atoms with Crippen molar-refractivity contribution in [3.05, 3.63) is 69.5 Å². The molecule has 0 aromatic heterocycles. The third-order valence-electron chi connectivity index (χ3n) is 5.80. The number of nitrogens with one attached hydrogen (secondary N) is 1. The smallest absolute Gasteiger partial charge is 0.269 e. The number of fused-ring (bicyclic) bond motifs is 3. The molecular weight excluding hydrogens is 375 g/mol. The van der Waals surface area contributed by atoms with E-state index < -0.39 is 4.92 Å². The lowest BCUT2D eigenvalue weighted by Crippen LogP contribution is -2.60. The Bertz CT molecular complexity index is 951. The molecule has 2 aromatic carbocycles. The Kier molecular flexibility index (Phi) is 5.19. The van der Waals surface area contributed by atoms with Crippen LogP contribution in [0.4, 0.5) is 15.8 Å². The minimum Gasteiger partial charge on any atom is -0.365 e. The molecule has 29 heavy (non-hydrogen) atoms. The van der Waals surface area contributed by atoms with E-state index in [-0.39, 0.29) is 35.9 Å². The number of carbonyl (C=O) groups is 1. The number of nitrogens with zero attached hydrogens (tertiary/aromatic N) is 3. The molecule has 2 heterocycles. The van der Waals surface area contributed by atoms with Gasteiger partial charge < -0.3 is 15.1 Å². The van der Waals surface area contributed by atoms with Crippen molar-refractivity contribution in [1.29, 1.82) is 0 Å². The predicted molar refractivity (Wildman–Crippen MR) is 107 cm³/mol. The van der Waals surface area contributed by atoms with Gasteiger partial charge in [0.25, 0.3) is 5.69 Å². The number of nitro benzene ring substituents is 1. The van der Waals surface area contributed by atoms with Crippen LogP contribution in [-0.2, 0) is 17.8 Å². The first-order valence-corrected chi connectivity index (χ1v) is 9.67. The van der Waals surface area contributed by atoms with Crippen LogP contribution in [0.2, 0.25) is 0 Å². The van der Waals surface area contributed by atoms with Gasteiger partial charge in [-0.3, -0.25) is 14.9 Å². The highest BCUT2D eigenvalue weighted by molar-refractivity contribution is 5.82. The van der Waals surface area contributed by atoms with Gasteiger partial charge in [0, 0.05) is 44.0 Å². The highest BCUT2D eigenvalue weighted by Gasteiger charge is 2.41. The molecule has 0 aliphatic carbocycles. The first-order valence-electron chi connectivity index (χ1n) is 9.67. The highest BCUT2D eigenvalue weighted by atomic mass is 19.1. The summed E-state index contributed by atoms with van der Waals surface area (Å²) in [5.41, 5.74) is 2.53. The van der Waals surface area contributed by atoms with E-state index in [4.69, 9.17) is 0 Å². The maximum atomic E-state index is 13.4. The highest BCUT2D eigenvalue weighted by Crippen LogP contribution is 2.37. The fourth-order valence-corrected chi connectivity index (χ4v) is 4.33. The third-order valence-corrected chi connectivity index (χ3v) is 5.80. The van der Waals surface area contributed by atoms with Gasteiger partial charge in [0.05, 0.1) is 16.9 Å². The molecule has 7 nitrogen and oxygen atoms in total. The van der Waals surface area contributed by atoms with E-state index in [1.807, 2.05) is 7.05 Å². The Morgan fingerprint density at radius 1 is 1.28 bits per heavy atom. The van der Waals surface area contributed by atoms with Gasteiger partial charge in [0.2, 0.25) is 5.91 Å². The second-order valence-corrected chi connectivity index (χ2v) is 7.75. The minimum atomic E-state index is -0.407. The Balaban J connectivity index is 1.58. The first kappa shape index (κ1) is 19.3. The molecule has 0 spiro atoms. The molecule has 152 valence electrons. The summed E-state index contributed by atoms with van der Waals surface area (Å²) < 4.78 is 13.4. The molecule has 0 bridgehead atoms. The third kappa shape index (κ3) is 3.93. The van der Waals surface area contributed by atoms with Gasteiger partial charge in [-0.25, -0.2) is 4.39 Å². The number of amides is 1. The zero-order valence-corrected chi connectivity index (χ0v) is 16.2. The summed E-state index contributed by atoms with van der Waals surface area (Å²) in [6, 6.07) is 11.1. The van der Waals surface area contributed by atoms with Crippen molar-refractivity contribution in [2.75, 3.05) is 31.6 Å². The van der Waals surface area contributed by atoms with Crippen LogP contribution in [0.15, 0.2) is 42.5 Å². The molecule has 2 aromatic rings. The van der Waals surface area contributed by atoms with Gasteiger partial charge in [-0.1, -0.05) is 12.1 Å². The number of non-ortho nitro benzene ring substituents is 1. The minimum absolute atomic E-state index is 0.00443. The number of halogens is 1. The maximum absolute atomic E-state index is 13.4. The van der Waals surface area contributed by atoms with Crippen molar-refractivity contribution in [3.63, 3.8) is 0 Å². The number of anilines is 1. The summed E-state index contributed by atoms with van der Waals surface area (Å²) in [6.07, 6.45) is 0.445. The van der Waals surface area contributed by atoms with Crippen LogP contribution in [0.1, 0.15) is 11.1 Å². The van der Waals surface area contributed by atoms with E-state index >= 15 is 0 Å². The number of rotatable bonds is 4. The van der Waals surface area contributed by atoms with Crippen molar-refractivity contribution < 1.29 is 14.1 Å². The normalized spacial score (nSPS) is 21.2. The lowest BCUT2D eigenvalue weighted by atomic mass is 9.83. The topological polar surface area (TPSA) is 78.7 Å². The summed E-state index contributed by atoms with van der Waals surface area (Å²) in [7, 11) is 2.03. The second-order valence-electron chi connectivity index (χ2n) is 7.75. The molecule has 2 aliphatic heterocycles.